The van der Waals surface area contributed by atoms with Crippen LogP contribution in [0.2, 0.25) is 15.1 Å². The molecule has 0 radical (unpaired) electrons. The first-order chi connectivity index (χ1) is 10.6. The van der Waals surface area contributed by atoms with Crippen LogP contribution in [0.5, 0.6) is 0 Å². The fraction of sp³-hybridized carbons (Fsp3) is 0.0625. The molecule has 0 bridgehead atoms. The summed E-state index contributed by atoms with van der Waals surface area (Å²) < 4.78 is 1.66. The van der Waals surface area contributed by atoms with Crippen molar-refractivity contribution in [1.29, 1.82) is 0 Å². The lowest BCUT2D eigenvalue weighted by Crippen LogP contribution is -1.94. The van der Waals surface area contributed by atoms with Crippen molar-refractivity contribution in [3.05, 3.63) is 69.3 Å². The van der Waals surface area contributed by atoms with Gasteiger partial charge in [-0.25, -0.2) is 4.68 Å². The average molecular weight is 354 g/mol. The second kappa shape index (κ2) is 6.31. The van der Waals surface area contributed by atoms with Crippen LogP contribution in [0.4, 0.5) is 0 Å². The fourth-order valence-corrected chi connectivity index (χ4v) is 2.87. The van der Waals surface area contributed by atoms with Crippen LogP contribution in [-0.4, -0.2) is 14.9 Å². The van der Waals surface area contributed by atoms with Crippen molar-refractivity contribution in [2.45, 2.75) is 6.61 Å². The van der Waals surface area contributed by atoms with Crippen molar-refractivity contribution in [3.8, 4) is 16.9 Å². The van der Waals surface area contributed by atoms with Gasteiger partial charge in [-0.2, -0.15) is 5.10 Å². The van der Waals surface area contributed by atoms with E-state index in [0.717, 1.165) is 11.3 Å². The standard InChI is InChI=1S/C16H11Cl3N2O/c17-11-2-1-3-13(6-11)21-8-10(9-22)16(20-21)14-5-4-12(18)7-15(14)19/h1-8,22H,9H2. The summed E-state index contributed by atoms with van der Waals surface area (Å²) >= 11 is 18.2. The van der Waals surface area contributed by atoms with E-state index in [1.54, 1.807) is 41.2 Å². The maximum Gasteiger partial charge on any atom is 0.0997 e. The van der Waals surface area contributed by atoms with Crippen molar-refractivity contribution in [2.24, 2.45) is 0 Å². The molecule has 0 amide bonds. The van der Waals surface area contributed by atoms with Crippen LogP contribution in [0.25, 0.3) is 16.9 Å². The number of aliphatic hydroxyl groups excluding tert-OH is 1. The third-order valence-corrected chi connectivity index (χ3v) is 4.00. The smallest absolute Gasteiger partial charge is 0.0997 e. The molecule has 0 aliphatic heterocycles. The highest BCUT2D eigenvalue weighted by molar-refractivity contribution is 6.36. The van der Waals surface area contributed by atoms with E-state index in [2.05, 4.69) is 5.10 Å². The number of benzene rings is 2. The zero-order valence-corrected chi connectivity index (χ0v) is 13.6. The summed E-state index contributed by atoms with van der Waals surface area (Å²) in [4.78, 5) is 0. The summed E-state index contributed by atoms with van der Waals surface area (Å²) in [5, 5.41) is 15.8. The van der Waals surface area contributed by atoms with E-state index in [-0.39, 0.29) is 6.61 Å². The van der Waals surface area contributed by atoms with Gasteiger partial charge in [-0.3, -0.25) is 0 Å². The highest BCUT2D eigenvalue weighted by Gasteiger charge is 2.14. The van der Waals surface area contributed by atoms with Gasteiger partial charge in [-0.15, -0.1) is 0 Å². The molecule has 0 aliphatic carbocycles. The van der Waals surface area contributed by atoms with E-state index < -0.39 is 0 Å². The molecule has 0 atom stereocenters. The fourth-order valence-electron chi connectivity index (χ4n) is 2.18. The lowest BCUT2D eigenvalue weighted by Gasteiger charge is -2.04. The van der Waals surface area contributed by atoms with Crippen LogP contribution in [0, 0.1) is 0 Å². The van der Waals surface area contributed by atoms with Crippen LogP contribution < -0.4 is 0 Å². The first-order valence-electron chi connectivity index (χ1n) is 6.49. The SMILES string of the molecule is OCc1cn(-c2cccc(Cl)c2)nc1-c1ccc(Cl)cc1Cl. The predicted octanol–water partition coefficient (Wildman–Crippen LogP) is 4.99. The van der Waals surface area contributed by atoms with Crippen molar-refractivity contribution in [1.82, 2.24) is 9.78 Å². The number of aromatic nitrogens is 2. The number of hydrogen-bond donors (Lipinski definition) is 1. The quantitative estimate of drug-likeness (QED) is 0.720. The first-order valence-corrected chi connectivity index (χ1v) is 7.62. The van der Waals surface area contributed by atoms with Crippen molar-refractivity contribution < 1.29 is 5.11 Å². The Morgan fingerprint density at radius 1 is 1.00 bits per heavy atom. The second-order valence-corrected chi connectivity index (χ2v) is 5.99. The molecule has 0 unspecified atom stereocenters. The molecule has 0 fully saturated rings. The molecule has 22 heavy (non-hydrogen) atoms. The molecule has 0 saturated carbocycles. The maximum absolute atomic E-state index is 9.59. The Kier molecular flexibility index (Phi) is 4.41. The minimum Gasteiger partial charge on any atom is -0.392 e. The van der Waals surface area contributed by atoms with Gasteiger partial charge in [0, 0.05) is 27.4 Å². The van der Waals surface area contributed by atoms with Crippen molar-refractivity contribution in [3.63, 3.8) is 0 Å². The van der Waals surface area contributed by atoms with E-state index in [1.165, 1.54) is 0 Å². The van der Waals surface area contributed by atoms with E-state index in [1.807, 2.05) is 12.1 Å². The molecular formula is C16H11Cl3N2O. The van der Waals surface area contributed by atoms with Crippen LogP contribution in [0.15, 0.2) is 48.7 Å². The monoisotopic (exact) mass is 352 g/mol. The molecule has 0 aliphatic rings. The molecule has 112 valence electrons. The lowest BCUT2D eigenvalue weighted by molar-refractivity contribution is 0.282. The lowest BCUT2D eigenvalue weighted by atomic mass is 10.1. The number of nitrogens with zero attached hydrogens (tertiary/aromatic N) is 2. The average Bonchev–Trinajstić information content (AvgIpc) is 2.91. The van der Waals surface area contributed by atoms with E-state index in [9.17, 15) is 5.11 Å². The Morgan fingerprint density at radius 3 is 2.45 bits per heavy atom. The normalized spacial score (nSPS) is 10.9. The Bertz CT molecular complexity index is 830. The van der Waals surface area contributed by atoms with Gasteiger partial charge in [0.25, 0.3) is 0 Å². The summed E-state index contributed by atoms with van der Waals surface area (Å²) in [5.41, 5.74) is 2.81. The highest BCUT2D eigenvalue weighted by atomic mass is 35.5. The molecule has 3 rings (SSSR count). The molecule has 1 heterocycles. The Labute approximate surface area is 142 Å². The number of aliphatic hydroxyl groups is 1. The van der Waals surface area contributed by atoms with Crippen molar-refractivity contribution >= 4 is 34.8 Å². The van der Waals surface area contributed by atoms with Crippen LogP contribution in [-0.2, 0) is 6.61 Å². The molecule has 3 nitrogen and oxygen atoms in total. The molecule has 6 heteroatoms. The number of halogens is 3. The second-order valence-electron chi connectivity index (χ2n) is 4.71. The number of hydrogen-bond acceptors (Lipinski definition) is 2. The minimum absolute atomic E-state index is 0.144. The molecule has 0 saturated heterocycles. The van der Waals surface area contributed by atoms with E-state index in [4.69, 9.17) is 34.8 Å². The minimum atomic E-state index is -0.144. The van der Waals surface area contributed by atoms with Gasteiger partial charge >= 0.3 is 0 Å². The van der Waals surface area contributed by atoms with Crippen molar-refractivity contribution in [2.75, 3.05) is 0 Å². The number of rotatable bonds is 3. The highest BCUT2D eigenvalue weighted by Crippen LogP contribution is 2.32. The van der Waals surface area contributed by atoms with Gasteiger partial charge in [-0.1, -0.05) is 40.9 Å². The van der Waals surface area contributed by atoms with Crippen LogP contribution in [0.3, 0.4) is 0 Å². The van der Waals surface area contributed by atoms with Gasteiger partial charge in [0.1, 0.15) is 0 Å². The maximum atomic E-state index is 9.59. The summed E-state index contributed by atoms with van der Waals surface area (Å²) in [6.07, 6.45) is 1.76. The zero-order chi connectivity index (χ0) is 15.7. The molecule has 0 spiro atoms. The van der Waals surface area contributed by atoms with Crippen LogP contribution in [0.1, 0.15) is 5.56 Å². The summed E-state index contributed by atoms with van der Waals surface area (Å²) in [6, 6.07) is 12.5. The van der Waals surface area contributed by atoms with Gasteiger partial charge in [-0.05, 0) is 36.4 Å². The molecule has 1 N–H and O–H groups in total. The Hall–Kier alpha value is -1.52. The Balaban J connectivity index is 2.13. The van der Waals surface area contributed by atoms with E-state index in [0.29, 0.717) is 26.3 Å². The Morgan fingerprint density at radius 2 is 1.77 bits per heavy atom. The third kappa shape index (κ3) is 2.99. The summed E-state index contributed by atoms with van der Waals surface area (Å²) in [7, 11) is 0. The molecule has 2 aromatic carbocycles. The molecule has 3 aromatic rings. The van der Waals surface area contributed by atoms with E-state index >= 15 is 0 Å². The topological polar surface area (TPSA) is 38.0 Å². The van der Waals surface area contributed by atoms with Gasteiger partial charge in [0.15, 0.2) is 0 Å². The van der Waals surface area contributed by atoms with Gasteiger partial charge < -0.3 is 5.11 Å². The first kappa shape index (κ1) is 15.4. The summed E-state index contributed by atoms with van der Waals surface area (Å²) in [5.74, 6) is 0. The molecular weight excluding hydrogens is 343 g/mol. The molecule has 1 aromatic heterocycles. The summed E-state index contributed by atoms with van der Waals surface area (Å²) in [6.45, 7) is -0.144. The zero-order valence-electron chi connectivity index (χ0n) is 11.3. The predicted molar refractivity (Wildman–Crippen MR) is 90.0 cm³/mol. The largest absolute Gasteiger partial charge is 0.392 e. The third-order valence-electron chi connectivity index (χ3n) is 3.22. The van der Waals surface area contributed by atoms with Crippen LogP contribution >= 0.6 is 34.8 Å². The van der Waals surface area contributed by atoms with Gasteiger partial charge in [0.2, 0.25) is 0 Å². The van der Waals surface area contributed by atoms with Gasteiger partial charge in [0.05, 0.1) is 23.0 Å².